The van der Waals surface area contributed by atoms with E-state index in [1.165, 1.54) is 31.2 Å². The van der Waals surface area contributed by atoms with Gasteiger partial charge in [0.2, 0.25) is 0 Å². The Hall–Kier alpha value is -3.75. The maximum atomic E-state index is 12.2. The van der Waals surface area contributed by atoms with Crippen LogP contribution in [0, 0.1) is 10.1 Å². The number of aromatic amines is 1. The third kappa shape index (κ3) is 3.51. The lowest BCUT2D eigenvalue weighted by atomic mass is 10.2. The van der Waals surface area contributed by atoms with Crippen LogP contribution in [0.5, 0.6) is 0 Å². The molecule has 9 nitrogen and oxygen atoms in total. The zero-order chi connectivity index (χ0) is 18.7. The highest BCUT2D eigenvalue weighted by Gasteiger charge is 2.22. The summed E-state index contributed by atoms with van der Waals surface area (Å²) in [4.78, 5) is 34.5. The average Bonchev–Trinajstić information content (AvgIpc) is 3.06. The molecule has 2 N–H and O–H groups in total. The van der Waals surface area contributed by atoms with E-state index in [9.17, 15) is 19.7 Å². The van der Waals surface area contributed by atoms with Crippen molar-refractivity contribution in [2.24, 2.45) is 0 Å². The SMILES string of the molecule is C[C@@H](OC(=O)c1n[nH]c2ccccc12)C(=O)Nc1ccc([N+](=O)[O-])cc1. The Morgan fingerprint density at radius 3 is 2.58 bits per heavy atom. The van der Waals surface area contributed by atoms with Crippen molar-refractivity contribution in [3.63, 3.8) is 0 Å². The summed E-state index contributed by atoms with van der Waals surface area (Å²) in [6.45, 7) is 1.42. The number of rotatable bonds is 5. The molecule has 0 spiro atoms. The Labute approximate surface area is 147 Å². The number of aromatic nitrogens is 2. The smallest absolute Gasteiger partial charge is 0.360 e. The van der Waals surface area contributed by atoms with Gasteiger partial charge in [0, 0.05) is 23.2 Å². The molecule has 0 aliphatic rings. The Balaban J connectivity index is 1.65. The van der Waals surface area contributed by atoms with Crippen molar-refractivity contribution in [1.82, 2.24) is 10.2 Å². The molecule has 0 unspecified atom stereocenters. The number of ether oxygens (including phenoxy) is 1. The summed E-state index contributed by atoms with van der Waals surface area (Å²) in [6.07, 6.45) is -1.08. The van der Waals surface area contributed by atoms with E-state index in [2.05, 4.69) is 15.5 Å². The molecule has 1 atom stereocenters. The highest BCUT2D eigenvalue weighted by atomic mass is 16.6. The molecule has 3 rings (SSSR count). The van der Waals surface area contributed by atoms with Gasteiger partial charge in [-0.25, -0.2) is 4.79 Å². The summed E-state index contributed by atoms with van der Waals surface area (Å²) < 4.78 is 5.16. The summed E-state index contributed by atoms with van der Waals surface area (Å²) in [7, 11) is 0. The molecule has 132 valence electrons. The number of anilines is 1. The average molecular weight is 354 g/mol. The van der Waals surface area contributed by atoms with Crippen LogP contribution in [0.4, 0.5) is 11.4 Å². The molecule has 3 aromatic rings. The van der Waals surface area contributed by atoms with Crippen LogP contribution in [0.2, 0.25) is 0 Å². The van der Waals surface area contributed by atoms with E-state index < -0.39 is 22.9 Å². The fraction of sp³-hybridized carbons (Fsp3) is 0.118. The van der Waals surface area contributed by atoms with E-state index in [0.717, 1.165) is 0 Å². The first-order chi connectivity index (χ1) is 12.5. The van der Waals surface area contributed by atoms with Gasteiger partial charge in [-0.3, -0.25) is 20.0 Å². The molecule has 0 aliphatic carbocycles. The second-order valence-corrected chi connectivity index (χ2v) is 5.46. The van der Waals surface area contributed by atoms with Gasteiger partial charge in [0.25, 0.3) is 11.6 Å². The predicted molar refractivity (Wildman–Crippen MR) is 92.7 cm³/mol. The van der Waals surface area contributed by atoms with E-state index in [-0.39, 0.29) is 11.4 Å². The van der Waals surface area contributed by atoms with Crippen molar-refractivity contribution in [3.8, 4) is 0 Å². The summed E-state index contributed by atoms with van der Waals surface area (Å²) >= 11 is 0. The number of para-hydroxylation sites is 1. The van der Waals surface area contributed by atoms with Gasteiger partial charge < -0.3 is 10.1 Å². The van der Waals surface area contributed by atoms with Crippen LogP contribution in [0.15, 0.2) is 48.5 Å². The van der Waals surface area contributed by atoms with E-state index in [4.69, 9.17) is 4.74 Å². The summed E-state index contributed by atoms with van der Waals surface area (Å²) in [5.74, 6) is -1.29. The molecule has 1 amide bonds. The van der Waals surface area contributed by atoms with Gasteiger partial charge >= 0.3 is 5.97 Å². The lowest BCUT2D eigenvalue weighted by molar-refractivity contribution is -0.384. The van der Waals surface area contributed by atoms with E-state index in [0.29, 0.717) is 16.6 Å². The number of amides is 1. The van der Waals surface area contributed by atoms with E-state index in [1.807, 2.05) is 0 Å². The van der Waals surface area contributed by atoms with Crippen molar-refractivity contribution in [3.05, 3.63) is 64.3 Å². The van der Waals surface area contributed by atoms with Gasteiger partial charge in [-0.15, -0.1) is 0 Å². The molecule has 1 heterocycles. The quantitative estimate of drug-likeness (QED) is 0.412. The van der Waals surface area contributed by atoms with Crippen molar-refractivity contribution >= 4 is 34.2 Å². The maximum absolute atomic E-state index is 12.2. The topological polar surface area (TPSA) is 127 Å². The number of hydrogen-bond acceptors (Lipinski definition) is 6. The molecule has 0 saturated heterocycles. The lowest BCUT2D eigenvalue weighted by Gasteiger charge is -2.12. The van der Waals surface area contributed by atoms with E-state index in [1.54, 1.807) is 24.3 Å². The molecule has 0 aliphatic heterocycles. The number of nitrogens with one attached hydrogen (secondary N) is 2. The van der Waals surface area contributed by atoms with Crippen LogP contribution in [0.25, 0.3) is 10.9 Å². The maximum Gasteiger partial charge on any atom is 0.360 e. The van der Waals surface area contributed by atoms with Gasteiger partial charge in [0.05, 0.1) is 10.4 Å². The molecule has 0 saturated carbocycles. The van der Waals surface area contributed by atoms with Crippen LogP contribution < -0.4 is 5.32 Å². The summed E-state index contributed by atoms with van der Waals surface area (Å²) in [6, 6.07) is 12.4. The largest absolute Gasteiger partial charge is 0.448 e. The first-order valence-corrected chi connectivity index (χ1v) is 7.65. The zero-order valence-corrected chi connectivity index (χ0v) is 13.6. The van der Waals surface area contributed by atoms with Gasteiger partial charge in [0.1, 0.15) is 0 Å². The third-order valence-corrected chi connectivity index (χ3v) is 3.66. The normalized spacial score (nSPS) is 11.7. The summed E-state index contributed by atoms with van der Waals surface area (Å²) in [5, 5.41) is 20.4. The van der Waals surface area contributed by atoms with Crippen LogP contribution in [-0.4, -0.2) is 33.1 Å². The number of nitrogens with zero attached hydrogens (tertiary/aromatic N) is 2. The van der Waals surface area contributed by atoms with Crippen LogP contribution >= 0.6 is 0 Å². The zero-order valence-electron chi connectivity index (χ0n) is 13.6. The Morgan fingerprint density at radius 1 is 1.19 bits per heavy atom. The van der Waals surface area contributed by atoms with Crippen molar-refractivity contribution in [1.29, 1.82) is 0 Å². The number of carbonyl (C=O) groups excluding carboxylic acids is 2. The highest BCUT2D eigenvalue weighted by molar-refractivity contribution is 6.03. The number of non-ortho nitro benzene ring substituents is 1. The van der Waals surface area contributed by atoms with Gasteiger partial charge in [-0.1, -0.05) is 18.2 Å². The number of H-pyrrole nitrogens is 1. The van der Waals surface area contributed by atoms with Gasteiger partial charge in [0.15, 0.2) is 11.8 Å². The minimum Gasteiger partial charge on any atom is -0.448 e. The van der Waals surface area contributed by atoms with Crippen LogP contribution in [-0.2, 0) is 9.53 Å². The third-order valence-electron chi connectivity index (χ3n) is 3.66. The van der Waals surface area contributed by atoms with Crippen molar-refractivity contribution in [2.45, 2.75) is 13.0 Å². The molecular formula is C17H14N4O5. The number of hydrogen-bond donors (Lipinski definition) is 2. The molecule has 1 aromatic heterocycles. The molecule has 0 radical (unpaired) electrons. The number of carbonyl (C=O) groups is 2. The number of nitro groups is 1. The lowest BCUT2D eigenvalue weighted by Crippen LogP contribution is -2.30. The number of benzene rings is 2. The van der Waals surface area contributed by atoms with Gasteiger partial charge in [-0.05, 0) is 25.1 Å². The first-order valence-electron chi connectivity index (χ1n) is 7.65. The predicted octanol–water partition coefficient (Wildman–Crippen LogP) is 2.66. The fourth-order valence-electron chi connectivity index (χ4n) is 2.30. The number of esters is 1. The standard InChI is InChI=1S/C17H14N4O5/c1-10(16(22)18-11-6-8-12(9-7-11)21(24)25)26-17(23)15-13-4-2-3-5-14(13)19-20-15/h2-10H,1H3,(H,18,22)(H,19,20)/t10-/m1/s1. The van der Waals surface area contributed by atoms with Crippen LogP contribution in [0.1, 0.15) is 17.4 Å². The Morgan fingerprint density at radius 2 is 1.88 bits per heavy atom. The molecule has 0 fully saturated rings. The molecular weight excluding hydrogens is 340 g/mol. The van der Waals surface area contributed by atoms with Crippen molar-refractivity contribution in [2.75, 3.05) is 5.32 Å². The molecule has 9 heteroatoms. The number of nitro benzene ring substituents is 1. The monoisotopic (exact) mass is 354 g/mol. The van der Waals surface area contributed by atoms with Crippen LogP contribution in [0.3, 0.4) is 0 Å². The van der Waals surface area contributed by atoms with E-state index >= 15 is 0 Å². The summed E-state index contributed by atoms with van der Waals surface area (Å²) in [5.41, 5.74) is 1.04. The van der Waals surface area contributed by atoms with Gasteiger partial charge in [-0.2, -0.15) is 5.10 Å². The molecule has 2 aromatic carbocycles. The second-order valence-electron chi connectivity index (χ2n) is 5.46. The molecule has 26 heavy (non-hydrogen) atoms. The first kappa shape index (κ1) is 17.1. The number of fused-ring (bicyclic) bond motifs is 1. The molecule has 0 bridgehead atoms. The van der Waals surface area contributed by atoms with Crippen molar-refractivity contribution < 1.29 is 19.2 Å². The highest BCUT2D eigenvalue weighted by Crippen LogP contribution is 2.18. The Kier molecular flexibility index (Phi) is 4.61. The minimum atomic E-state index is -1.08. The Bertz CT molecular complexity index is 980. The second kappa shape index (κ2) is 7.01. The minimum absolute atomic E-state index is 0.0899. The fourth-order valence-corrected chi connectivity index (χ4v) is 2.30.